The van der Waals surface area contributed by atoms with E-state index in [0.29, 0.717) is 11.6 Å². The molecule has 0 aromatic heterocycles. The topological polar surface area (TPSA) is 58.7 Å². The van der Waals surface area contributed by atoms with Crippen LogP contribution in [0.5, 0.6) is 5.75 Å². The maximum Gasteiger partial charge on any atom is 0.144 e. The first-order valence-corrected chi connectivity index (χ1v) is 7.52. The van der Waals surface area contributed by atoms with Crippen molar-refractivity contribution in [1.29, 1.82) is 0 Å². The number of ether oxygens (including phenoxy) is 1. The first-order chi connectivity index (χ1) is 9.60. The Kier molecular flexibility index (Phi) is 5.12. The quantitative estimate of drug-likeness (QED) is 0.813. The SMILES string of the molecule is CC(C)Oc1cc(N2CCCC(CCO)C2)ccc1N. The van der Waals surface area contributed by atoms with Crippen LogP contribution in [-0.2, 0) is 0 Å². The number of benzene rings is 1. The average molecular weight is 278 g/mol. The molecule has 112 valence electrons. The Balaban J connectivity index is 2.11. The van der Waals surface area contributed by atoms with Gasteiger partial charge in [-0.2, -0.15) is 0 Å². The van der Waals surface area contributed by atoms with Gasteiger partial charge in [0.25, 0.3) is 0 Å². The zero-order chi connectivity index (χ0) is 14.5. The molecule has 20 heavy (non-hydrogen) atoms. The van der Waals surface area contributed by atoms with Gasteiger partial charge < -0.3 is 20.5 Å². The number of hydrogen-bond acceptors (Lipinski definition) is 4. The fourth-order valence-corrected chi connectivity index (χ4v) is 2.79. The predicted octanol–water partition coefficient (Wildman–Crippen LogP) is 2.65. The van der Waals surface area contributed by atoms with Crippen LogP contribution in [0.25, 0.3) is 0 Å². The van der Waals surface area contributed by atoms with Gasteiger partial charge in [0.05, 0.1) is 11.8 Å². The van der Waals surface area contributed by atoms with Crippen molar-refractivity contribution in [3.63, 3.8) is 0 Å². The third-order valence-corrected chi connectivity index (χ3v) is 3.78. The van der Waals surface area contributed by atoms with Gasteiger partial charge in [0.2, 0.25) is 0 Å². The van der Waals surface area contributed by atoms with Crippen molar-refractivity contribution in [2.75, 3.05) is 30.3 Å². The number of nitrogens with zero attached hydrogens (tertiary/aromatic N) is 1. The Bertz CT molecular complexity index is 432. The van der Waals surface area contributed by atoms with Crippen LogP contribution < -0.4 is 15.4 Å². The van der Waals surface area contributed by atoms with E-state index in [-0.39, 0.29) is 12.7 Å². The highest BCUT2D eigenvalue weighted by Gasteiger charge is 2.20. The second-order valence-electron chi connectivity index (χ2n) is 5.86. The van der Waals surface area contributed by atoms with Gasteiger partial charge in [-0.3, -0.25) is 0 Å². The highest BCUT2D eigenvalue weighted by atomic mass is 16.5. The molecule has 1 heterocycles. The van der Waals surface area contributed by atoms with E-state index in [2.05, 4.69) is 11.0 Å². The van der Waals surface area contributed by atoms with Gasteiger partial charge in [-0.05, 0) is 51.2 Å². The van der Waals surface area contributed by atoms with Crippen molar-refractivity contribution in [2.24, 2.45) is 5.92 Å². The summed E-state index contributed by atoms with van der Waals surface area (Å²) in [5.74, 6) is 1.35. The van der Waals surface area contributed by atoms with E-state index in [4.69, 9.17) is 15.6 Å². The number of aliphatic hydroxyl groups is 1. The fourth-order valence-electron chi connectivity index (χ4n) is 2.79. The minimum absolute atomic E-state index is 0.121. The number of aliphatic hydroxyl groups excluding tert-OH is 1. The van der Waals surface area contributed by atoms with E-state index in [1.54, 1.807) is 0 Å². The van der Waals surface area contributed by atoms with Crippen LogP contribution in [0.4, 0.5) is 11.4 Å². The largest absolute Gasteiger partial charge is 0.489 e. The molecule has 2 rings (SSSR count). The summed E-state index contributed by atoms with van der Waals surface area (Å²) in [7, 11) is 0. The zero-order valence-corrected chi connectivity index (χ0v) is 12.5. The molecule has 1 saturated heterocycles. The van der Waals surface area contributed by atoms with Crippen LogP contribution in [0.15, 0.2) is 18.2 Å². The Hall–Kier alpha value is -1.42. The van der Waals surface area contributed by atoms with Crippen molar-refractivity contribution >= 4 is 11.4 Å². The summed E-state index contributed by atoms with van der Waals surface area (Å²) >= 11 is 0. The van der Waals surface area contributed by atoms with Crippen LogP contribution in [0.1, 0.15) is 33.1 Å². The molecule has 4 heteroatoms. The van der Waals surface area contributed by atoms with Crippen LogP contribution >= 0.6 is 0 Å². The van der Waals surface area contributed by atoms with Gasteiger partial charge in [-0.1, -0.05) is 0 Å². The highest BCUT2D eigenvalue weighted by Crippen LogP contribution is 2.31. The summed E-state index contributed by atoms with van der Waals surface area (Å²) in [6.07, 6.45) is 3.40. The maximum absolute atomic E-state index is 9.10. The molecule has 0 saturated carbocycles. The third-order valence-electron chi connectivity index (χ3n) is 3.78. The van der Waals surface area contributed by atoms with E-state index < -0.39 is 0 Å². The average Bonchev–Trinajstić information content (AvgIpc) is 2.41. The number of piperidine rings is 1. The maximum atomic E-state index is 9.10. The van der Waals surface area contributed by atoms with Gasteiger partial charge in [0.1, 0.15) is 5.75 Å². The zero-order valence-electron chi connectivity index (χ0n) is 12.5. The first kappa shape index (κ1) is 15.0. The number of hydrogen-bond donors (Lipinski definition) is 2. The van der Waals surface area contributed by atoms with E-state index in [9.17, 15) is 0 Å². The minimum Gasteiger partial charge on any atom is -0.489 e. The molecule has 1 aliphatic rings. The molecule has 0 amide bonds. The summed E-state index contributed by atoms with van der Waals surface area (Å²) in [5.41, 5.74) is 7.82. The molecule has 1 atom stereocenters. The molecule has 0 aliphatic carbocycles. The number of rotatable bonds is 5. The fraction of sp³-hybridized carbons (Fsp3) is 0.625. The lowest BCUT2D eigenvalue weighted by molar-refractivity contribution is 0.242. The van der Waals surface area contributed by atoms with Crippen molar-refractivity contribution in [1.82, 2.24) is 0 Å². The minimum atomic E-state index is 0.121. The lowest BCUT2D eigenvalue weighted by Crippen LogP contribution is -2.35. The first-order valence-electron chi connectivity index (χ1n) is 7.52. The lowest BCUT2D eigenvalue weighted by Gasteiger charge is -2.34. The Morgan fingerprint density at radius 3 is 2.95 bits per heavy atom. The molecule has 0 bridgehead atoms. The second-order valence-corrected chi connectivity index (χ2v) is 5.86. The molecule has 0 radical (unpaired) electrons. The van der Waals surface area contributed by atoms with Crippen LogP contribution in [0.3, 0.4) is 0 Å². The summed E-state index contributed by atoms with van der Waals surface area (Å²) in [4.78, 5) is 2.37. The lowest BCUT2D eigenvalue weighted by atomic mass is 9.95. The van der Waals surface area contributed by atoms with Gasteiger partial charge in [0.15, 0.2) is 0 Å². The van der Waals surface area contributed by atoms with Gasteiger partial charge >= 0.3 is 0 Å². The molecule has 1 aromatic rings. The summed E-state index contributed by atoms with van der Waals surface area (Å²) in [6.45, 7) is 6.36. The summed E-state index contributed by atoms with van der Waals surface area (Å²) in [6, 6.07) is 6.02. The van der Waals surface area contributed by atoms with Gasteiger partial charge in [-0.15, -0.1) is 0 Å². The van der Waals surface area contributed by atoms with Crippen molar-refractivity contribution in [3.05, 3.63) is 18.2 Å². The smallest absolute Gasteiger partial charge is 0.144 e. The van der Waals surface area contributed by atoms with E-state index in [1.807, 2.05) is 26.0 Å². The standard InChI is InChI=1S/C16H26N2O2/c1-12(2)20-16-10-14(5-6-15(16)17)18-8-3-4-13(11-18)7-9-19/h5-6,10,12-13,19H,3-4,7-9,11,17H2,1-2H3. The monoisotopic (exact) mass is 278 g/mol. The van der Waals surface area contributed by atoms with Crippen molar-refractivity contribution in [3.8, 4) is 5.75 Å². The van der Waals surface area contributed by atoms with E-state index in [1.165, 1.54) is 12.8 Å². The van der Waals surface area contributed by atoms with Gasteiger partial charge in [0, 0.05) is 31.5 Å². The van der Waals surface area contributed by atoms with Crippen molar-refractivity contribution < 1.29 is 9.84 Å². The number of anilines is 2. The van der Waals surface area contributed by atoms with Gasteiger partial charge in [-0.25, -0.2) is 0 Å². The molecule has 0 spiro atoms. The number of nitrogens with two attached hydrogens (primary N) is 1. The van der Waals surface area contributed by atoms with Crippen LogP contribution in [0, 0.1) is 5.92 Å². The molecule has 1 aromatic carbocycles. The molecular formula is C16H26N2O2. The molecule has 3 N–H and O–H groups in total. The molecule has 1 aliphatic heterocycles. The summed E-state index contributed by atoms with van der Waals surface area (Å²) in [5, 5.41) is 9.10. The molecular weight excluding hydrogens is 252 g/mol. The Morgan fingerprint density at radius 1 is 1.45 bits per heavy atom. The number of nitrogen functional groups attached to an aromatic ring is 1. The van der Waals surface area contributed by atoms with E-state index in [0.717, 1.165) is 30.9 Å². The Labute approximate surface area is 121 Å². The van der Waals surface area contributed by atoms with Crippen molar-refractivity contribution in [2.45, 2.75) is 39.2 Å². The molecule has 4 nitrogen and oxygen atoms in total. The van der Waals surface area contributed by atoms with Crippen LogP contribution in [0.2, 0.25) is 0 Å². The molecule has 1 fully saturated rings. The second kappa shape index (κ2) is 6.84. The Morgan fingerprint density at radius 2 is 2.25 bits per heavy atom. The molecule has 1 unspecified atom stereocenters. The predicted molar refractivity (Wildman–Crippen MR) is 83.3 cm³/mol. The summed E-state index contributed by atoms with van der Waals surface area (Å²) < 4.78 is 5.76. The van der Waals surface area contributed by atoms with Crippen LogP contribution in [-0.4, -0.2) is 30.9 Å². The highest BCUT2D eigenvalue weighted by molar-refractivity contribution is 5.62. The third kappa shape index (κ3) is 3.79. The van der Waals surface area contributed by atoms with E-state index >= 15 is 0 Å². The normalized spacial score (nSPS) is 19.4.